The molecule has 0 aromatic carbocycles. The van der Waals surface area contributed by atoms with Crippen LogP contribution in [0.2, 0.25) is 0 Å². The first kappa shape index (κ1) is 225. The molecule has 24 radical (unpaired) electrons. The van der Waals surface area contributed by atoms with Crippen molar-refractivity contribution < 1.29 is 869 Å². The van der Waals surface area contributed by atoms with E-state index in [1.807, 2.05) is 6.66 Å². The second-order valence-corrected chi connectivity index (χ2v) is 33.8. The molecule has 0 aliphatic rings. The monoisotopic (exact) mass is 3540 g/mol. The van der Waals surface area contributed by atoms with Crippen molar-refractivity contribution in [1.29, 1.82) is 0 Å². The maximum absolute atomic E-state index is 4.24. The topological polar surface area (TPSA) is 0 Å². The van der Waals surface area contributed by atoms with Crippen molar-refractivity contribution in [3.63, 3.8) is 0 Å². The van der Waals surface area contributed by atoms with Gasteiger partial charge in [0.15, 0.2) is 0 Å². The Morgan fingerprint density at radius 1 is 0.354 bits per heavy atom. The van der Waals surface area contributed by atoms with Gasteiger partial charge in [-0.15, -0.1) is 104 Å². The third kappa shape index (κ3) is 236. The van der Waals surface area contributed by atoms with Crippen LogP contribution in [-0.2, 0) is 869 Å². The molecule has 0 saturated carbocycles. The molecule has 65 heavy (non-hydrogen) atoms. The predicted octanol–water partition coefficient (Wildman–Crippen LogP) is 9.96. The zero-order valence-corrected chi connectivity index (χ0v) is 131. The maximum atomic E-state index is 4.24. The Hall–Kier alpha value is 31.5. The molecule has 0 aliphatic heterocycles. The zero-order valence-electron chi connectivity index (χ0n) is 43.4. The van der Waals surface area contributed by atoms with Crippen molar-refractivity contribution in [2.24, 2.45) is 0 Å². The van der Waals surface area contributed by atoms with Crippen LogP contribution in [0.1, 0.15) is 41.5 Å². The van der Waals surface area contributed by atoms with Crippen LogP contribution in [0.25, 0.3) is 0 Å². The molecule has 0 fully saturated rings. The molecule has 0 nitrogen and oxygen atoms in total. The molecular weight excluding hydrogens is 3470 g/mol. The van der Waals surface area contributed by atoms with E-state index in [1.54, 1.807) is 0 Å². The van der Waals surface area contributed by atoms with Crippen LogP contribution in [0.5, 0.6) is 0 Å². The van der Waals surface area contributed by atoms with Gasteiger partial charge in [-0.1, -0.05) is 47.8 Å². The van der Waals surface area contributed by atoms with Crippen molar-refractivity contribution in [3.8, 4) is 0 Å². The molecule has 0 spiro atoms. The summed E-state index contributed by atoms with van der Waals surface area (Å²) < 4.78 is 0. The molecular formula is C29H75P8W4Y24-. The largest absolute Gasteiger partial charge is 0.358 e. The van der Waals surface area contributed by atoms with Gasteiger partial charge >= 0.3 is 0 Å². The van der Waals surface area contributed by atoms with Crippen molar-refractivity contribution >= 4 is 110 Å². The summed E-state index contributed by atoms with van der Waals surface area (Å²) in [7, 11) is -0.0446. The molecule has 0 rings (SSSR count). The summed E-state index contributed by atoms with van der Waals surface area (Å²) in [6.07, 6.45) is 40.1. The second kappa shape index (κ2) is 182. The third-order valence-corrected chi connectivity index (χ3v) is 26.6. The summed E-state index contributed by atoms with van der Waals surface area (Å²) in [5.41, 5.74) is 0. The standard InChI is InChI=1S/C8H21P3.C6H16P2.2C6H15P.C2H5P.CH3.4W.24Y/c1-6-10(4)8-11(5)7-9(2)3;1-5-8(4)6-7(2)3;2*1-5-7(3,4)6-2;1-3-2;;;;;;;;;;;;;;;;;;;;;;;;;;;;;/h9-11H,2,4-8H2,1,3H3;7-8H,2,4-6H2,1,3H3;2*3,5-6H2,1-2,4H3;1H2,2H3;1H3;;;;;;;;;;;;;;;;;;;;;;;;;;;;/q;;;;;-1;;;;;;;;;;;;;;;;;;;;;;;;;;;;. The van der Waals surface area contributed by atoms with Gasteiger partial charge < -0.3 is 7.43 Å². The molecule has 0 aromatic heterocycles. The summed E-state index contributed by atoms with van der Waals surface area (Å²) in [6, 6.07) is 0. The van der Waals surface area contributed by atoms with Crippen LogP contribution < -0.4 is 0 Å². The molecule has 328 valence electrons. The fourth-order valence-electron chi connectivity index (χ4n) is 1.97. The molecule has 0 aromatic rings. The Balaban J connectivity index is -0.00000000530. The number of hydrogen-bond acceptors (Lipinski definition) is 0. The number of hydrogen-bond donors (Lipinski definition) is 0. The molecule has 36 heteroatoms. The Morgan fingerprint density at radius 3 is 0.554 bits per heavy atom. The van der Waals surface area contributed by atoms with E-state index in [9.17, 15) is 0 Å². The van der Waals surface area contributed by atoms with E-state index in [-0.39, 0.29) is 914 Å². The van der Waals surface area contributed by atoms with Gasteiger partial charge in [-0.05, 0) is 88.0 Å². The Labute approximate surface area is 1080 Å². The first-order chi connectivity index (χ1) is 16.4. The van der Waals surface area contributed by atoms with Crippen LogP contribution >= 0.6 is 59.7 Å². The van der Waals surface area contributed by atoms with Crippen molar-refractivity contribution in [1.82, 2.24) is 0 Å². The van der Waals surface area contributed by atoms with Crippen LogP contribution in [0.4, 0.5) is 0 Å². The smallest absolute Gasteiger partial charge is 0 e. The molecule has 5 unspecified atom stereocenters. The average molecular weight is 3540 g/mol. The quantitative estimate of drug-likeness (QED) is 0.135. The first-order valence-electron chi connectivity index (χ1n) is 13.4. The zero-order chi connectivity index (χ0) is 30.0. The van der Waals surface area contributed by atoms with E-state index in [2.05, 4.69) is 119 Å². The fourth-order valence-corrected chi connectivity index (χ4v) is 16.1. The van der Waals surface area contributed by atoms with Crippen molar-refractivity contribution in [2.45, 2.75) is 41.5 Å². The summed E-state index contributed by atoms with van der Waals surface area (Å²) in [6.45, 7) is 23.2. The summed E-state index contributed by atoms with van der Waals surface area (Å²) in [5, 5.41) is 0. The Bertz CT molecular complexity index is 773. The van der Waals surface area contributed by atoms with Crippen molar-refractivity contribution in [3.05, 3.63) is 7.43 Å². The fraction of sp³-hybridized carbons (Fsp3) is 0.690. The first-order valence-corrected chi connectivity index (χ1v) is 31.7. The minimum atomic E-state index is -0.654. The van der Waals surface area contributed by atoms with E-state index in [0.29, 0.717) is 0 Å². The minimum Gasteiger partial charge on any atom is -0.358 e. The molecule has 0 amide bonds. The summed E-state index contributed by atoms with van der Waals surface area (Å²) in [4.78, 5) is 0. The van der Waals surface area contributed by atoms with Crippen LogP contribution in [0, 0.1) is 7.43 Å². The van der Waals surface area contributed by atoms with Gasteiger partial charge in [0.25, 0.3) is 0 Å². The van der Waals surface area contributed by atoms with Gasteiger partial charge in [0, 0.05) is 869 Å². The van der Waals surface area contributed by atoms with Gasteiger partial charge in [-0.2, -0.15) is 0 Å². The molecule has 0 heterocycles. The Kier molecular flexibility index (Phi) is 630. The predicted molar refractivity (Wildman–Crippen MR) is 233 cm³/mol. The van der Waals surface area contributed by atoms with Gasteiger partial charge in [-0.25, -0.2) is 0 Å². The van der Waals surface area contributed by atoms with Crippen molar-refractivity contribution in [2.75, 3.05) is 88.0 Å². The number of rotatable bonds is 12. The normalized spacial score (nSPS) is 8.29. The SMILES string of the molecule is C=P(C)(CC)CC.C=P(C)(CC)CC.C=PC.C=[PH](C)C[PH](=C)CC.C=[PH](C)C[PH](=C)C[PH](=C)CC.[CH3-].[W].[W].[W].[W].[Y].[Y].[Y].[Y].[Y].[Y].[Y].[Y].[Y].[Y].[Y].[Y].[Y].[Y].[Y].[Y].[Y].[Y].[Y].[Y].[Y].[Y].[Y].[Y]. The van der Waals surface area contributed by atoms with Gasteiger partial charge in [0.2, 0.25) is 0 Å². The molecule has 0 bridgehead atoms. The average Bonchev–Trinajstić information content (AvgIpc) is 2.79. The van der Waals surface area contributed by atoms with Crippen LogP contribution in [0.3, 0.4) is 0 Å². The minimum absolute atomic E-state index is 0. The summed E-state index contributed by atoms with van der Waals surface area (Å²) >= 11 is 0. The summed E-state index contributed by atoms with van der Waals surface area (Å²) in [5.74, 6) is 4.11. The van der Waals surface area contributed by atoms with Crippen LogP contribution in [0.15, 0.2) is 0 Å². The Morgan fingerprint density at radius 2 is 0.477 bits per heavy atom. The van der Waals surface area contributed by atoms with Gasteiger partial charge in [0.1, 0.15) is 0 Å². The van der Waals surface area contributed by atoms with E-state index < -0.39 is 13.8 Å². The maximum Gasteiger partial charge on any atom is 0 e. The second-order valence-electron chi connectivity index (χ2n) is 10.2. The van der Waals surface area contributed by atoms with E-state index in [4.69, 9.17) is 0 Å². The third-order valence-electron chi connectivity index (χ3n) is 5.66. The van der Waals surface area contributed by atoms with E-state index in [0.717, 1.165) is 0 Å². The molecule has 5 atom stereocenters. The van der Waals surface area contributed by atoms with Gasteiger partial charge in [0.05, 0.1) is 0 Å². The molecule has 0 saturated heterocycles. The molecule has 0 aliphatic carbocycles. The molecule has 0 N–H and O–H groups in total. The van der Waals surface area contributed by atoms with Crippen LogP contribution in [-0.4, -0.2) is 138 Å². The van der Waals surface area contributed by atoms with E-state index >= 15 is 0 Å². The van der Waals surface area contributed by atoms with E-state index in [1.165, 1.54) is 62.9 Å². The van der Waals surface area contributed by atoms with Gasteiger partial charge in [-0.3, -0.25) is 0 Å².